The second-order valence-corrected chi connectivity index (χ2v) is 7.91. The molecule has 7 heteroatoms. The molecule has 1 heterocycles. The molecule has 1 atom stereocenters. The third kappa shape index (κ3) is 8.26. The molecule has 1 fully saturated rings. The molecule has 0 radical (unpaired) electrons. The van der Waals surface area contributed by atoms with E-state index in [9.17, 15) is 0 Å². The maximum absolute atomic E-state index is 5.84. The fourth-order valence-corrected chi connectivity index (χ4v) is 3.62. The third-order valence-corrected chi connectivity index (χ3v) is 5.24. The number of hydrogen-bond acceptors (Lipinski definition) is 3. The van der Waals surface area contributed by atoms with Crippen LogP contribution in [0.25, 0.3) is 0 Å². The van der Waals surface area contributed by atoms with Gasteiger partial charge in [0.15, 0.2) is 5.96 Å². The summed E-state index contributed by atoms with van der Waals surface area (Å²) in [6.45, 7) is 7.88. The first-order valence-electron chi connectivity index (χ1n) is 10.9. The van der Waals surface area contributed by atoms with E-state index in [1.54, 1.807) is 0 Å². The zero-order chi connectivity index (χ0) is 20.3. The Morgan fingerprint density at radius 3 is 2.70 bits per heavy atom. The van der Waals surface area contributed by atoms with Crippen LogP contribution in [0.5, 0.6) is 0 Å². The van der Waals surface area contributed by atoms with Gasteiger partial charge in [0, 0.05) is 19.3 Å². The highest BCUT2D eigenvalue weighted by Gasteiger charge is 2.17. The Morgan fingerprint density at radius 2 is 1.97 bits per heavy atom. The summed E-state index contributed by atoms with van der Waals surface area (Å²) in [5.74, 6) is 1.22. The molecule has 0 saturated heterocycles. The average Bonchev–Trinajstić information content (AvgIpc) is 3.42. The van der Waals surface area contributed by atoms with Crippen LogP contribution >= 0.6 is 24.0 Å². The van der Waals surface area contributed by atoms with Crippen LogP contribution in [-0.4, -0.2) is 35.4 Å². The lowest BCUT2D eigenvalue weighted by Crippen LogP contribution is -2.40. The Morgan fingerprint density at radius 1 is 1.20 bits per heavy atom. The van der Waals surface area contributed by atoms with Crippen molar-refractivity contribution in [3.05, 3.63) is 53.9 Å². The van der Waals surface area contributed by atoms with Crippen LogP contribution in [0.4, 0.5) is 0 Å². The van der Waals surface area contributed by atoms with E-state index in [2.05, 4.69) is 53.6 Å². The standard InChI is InChI=1S/C23H35N5O.HI/c1-3-24-23(25-15-19(2)17-29-18-20-9-5-4-6-10-20)26-16-21-13-14-28(27-21)22-11-7-8-12-22;/h4-6,9-10,13-14,19,22H,3,7-8,11-12,15-18H2,1-2H3,(H2,24,25,26);1H. The first-order chi connectivity index (χ1) is 14.2. The van der Waals surface area contributed by atoms with E-state index in [1.165, 1.54) is 31.2 Å². The fraction of sp³-hybridized carbons (Fsp3) is 0.565. The van der Waals surface area contributed by atoms with Gasteiger partial charge in [0.05, 0.1) is 31.5 Å². The van der Waals surface area contributed by atoms with Gasteiger partial charge in [-0.05, 0) is 37.3 Å². The Balaban J connectivity index is 0.00000320. The summed E-state index contributed by atoms with van der Waals surface area (Å²) >= 11 is 0. The zero-order valence-corrected chi connectivity index (χ0v) is 20.5. The molecule has 0 amide bonds. The van der Waals surface area contributed by atoms with Crippen molar-refractivity contribution in [1.29, 1.82) is 0 Å². The molecule has 0 spiro atoms. The monoisotopic (exact) mass is 525 g/mol. The Hall–Kier alpha value is -1.61. The lowest BCUT2D eigenvalue weighted by Gasteiger charge is -2.16. The van der Waals surface area contributed by atoms with E-state index < -0.39 is 0 Å². The summed E-state index contributed by atoms with van der Waals surface area (Å²) in [6, 6.07) is 13.0. The predicted octanol–water partition coefficient (Wildman–Crippen LogP) is 4.52. The number of rotatable bonds is 10. The van der Waals surface area contributed by atoms with E-state index in [1.807, 2.05) is 18.2 Å². The van der Waals surface area contributed by atoms with Crippen LogP contribution in [-0.2, 0) is 17.9 Å². The van der Waals surface area contributed by atoms with Crippen LogP contribution in [0.1, 0.15) is 56.8 Å². The van der Waals surface area contributed by atoms with Crippen molar-refractivity contribution in [3.63, 3.8) is 0 Å². The molecular weight excluding hydrogens is 489 g/mol. The van der Waals surface area contributed by atoms with Gasteiger partial charge in [0.1, 0.15) is 0 Å². The summed E-state index contributed by atoms with van der Waals surface area (Å²) in [4.78, 5) is 4.70. The van der Waals surface area contributed by atoms with E-state index in [4.69, 9.17) is 14.8 Å². The van der Waals surface area contributed by atoms with E-state index >= 15 is 0 Å². The van der Waals surface area contributed by atoms with Crippen molar-refractivity contribution in [3.8, 4) is 0 Å². The van der Waals surface area contributed by atoms with Crippen molar-refractivity contribution in [2.75, 3.05) is 19.7 Å². The normalized spacial score (nSPS) is 15.6. The molecular formula is C23H36IN5O. The van der Waals surface area contributed by atoms with E-state index in [-0.39, 0.29) is 24.0 Å². The third-order valence-electron chi connectivity index (χ3n) is 5.24. The summed E-state index contributed by atoms with van der Waals surface area (Å²) in [6.07, 6.45) is 7.24. The smallest absolute Gasteiger partial charge is 0.191 e. The molecule has 166 valence electrons. The number of guanidine groups is 1. The van der Waals surface area contributed by atoms with Crippen LogP contribution < -0.4 is 10.6 Å². The zero-order valence-electron chi connectivity index (χ0n) is 18.2. The lowest BCUT2D eigenvalue weighted by atomic mass is 10.2. The summed E-state index contributed by atoms with van der Waals surface area (Å²) < 4.78 is 7.97. The number of benzene rings is 1. The van der Waals surface area contributed by atoms with Gasteiger partial charge in [-0.2, -0.15) is 5.10 Å². The molecule has 0 bridgehead atoms. The van der Waals surface area contributed by atoms with Gasteiger partial charge in [-0.25, -0.2) is 4.99 Å². The Kier molecular flexibility index (Phi) is 11.2. The molecule has 1 aromatic carbocycles. The number of nitrogens with zero attached hydrogens (tertiary/aromatic N) is 3. The van der Waals surface area contributed by atoms with Gasteiger partial charge < -0.3 is 15.4 Å². The van der Waals surface area contributed by atoms with Gasteiger partial charge in [-0.15, -0.1) is 24.0 Å². The predicted molar refractivity (Wildman–Crippen MR) is 133 cm³/mol. The van der Waals surface area contributed by atoms with Crippen LogP contribution in [0, 0.1) is 5.92 Å². The summed E-state index contributed by atoms with van der Waals surface area (Å²) in [7, 11) is 0. The van der Waals surface area contributed by atoms with Gasteiger partial charge in [0.2, 0.25) is 0 Å². The van der Waals surface area contributed by atoms with Gasteiger partial charge >= 0.3 is 0 Å². The van der Waals surface area contributed by atoms with Crippen LogP contribution in [0.2, 0.25) is 0 Å². The van der Waals surface area contributed by atoms with Crippen molar-refractivity contribution < 1.29 is 4.74 Å². The number of nitrogens with one attached hydrogen (secondary N) is 2. The quantitative estimate of drug-likeness (QED) is 0.272. The second kappa shape index (κ2) is 13.6. The maximum atomic E-state index is 5.84. The highest BCUT2D eigenvalue weighted by Crippen LogP contribution is 2.28. The number of ether oxygens (including phenoxy) is 1. The SMILES string of the molecule is CCNC(=NCc1ccn(C2CCCC2)n1)NCC(C)COCc1ccccc1.I. The minimum atomic E-state index is 0. The molecule has 1 aliphatic carbocycles. The molecule has 2 N–H and O–H groups in total. The molecule has 1 saturated carbocycles. The second-order valence-electron chi connectivity index (χ2n) is 7.91. The number of hydrogen-bond donors (Lipinski definition) is 2. The molecule has 1 aromatic heterocycles. The minimum absolute atomic E-state index is 0. The lowest BCUT2D eigenvalue weighted by molar-refractivity contribution is 0.0931. The molecule has 0 aliphatic heterocycles. The summed E-state index contributed by atoms with van der Waals surface area (Å²) in [5, 5.41) is 11.5. The topological polar surface area (TPSA) is 63.5 Å². The first-order valence-corrected chi connectivity index (χ1v) is 10.9. The maximum Gasteiger partial charge on any atom is 0.191 e. The Labute approximate surface area is 197 Å². The van der Waals surface area contributed by atoms with Crippen molar-refractivity contribution in [2.45, 2.75) is 58.7 Å². The first kappa shape index (κ1) is 24.7. The largest absolute Gasteiger partial charge is 0.376 e. The number of aliphatic imine (C=N–C) groups is 1. The fourth-order valence-electron chi connectivity index (χ4n) is 3.62. The molecule has 1 unspecified atom stereocenters. The van der Waals surface area contributed by atoms with E-state index in [0.29, 0.717) is 31.7 Å². The number of aromatic nitrogens is 2. The molecule has 3 rings (SSSR count). The molecule has 6 nitrogen and oxygen atoms in total. The van der Waals surface area contributed by atoms with E-state index in [0.717, 1.165) is 24.7 Å². The molecule has 2 aromatic rings. The van der Waals surface area contributed by atoms with Gasteiger partial charge in [-0.3, -0.25) is 4.68 Å². The van der Waals surface area contributed by atoms with Crippen LogP contribution in [0.15, 0.2) is 47.6 Å². The highest BCUT2D eigenvalue weighted by atomic mass is 127. The van der Waals surface area contributed by atoms with Crippen molar-refractivity contribution in [1.82, 2.24) is 20.4 Å². The average molecular weight is 525 g/mol. The van der Waals surface area contributed by atoms with Crippen molar-refractivity contribution in [2.24, 2.45) is 10.9 Å². The van der Waals surface area contributed by atoms with Crippen molar-refractivity contribution >= 4 is 29.9 Å². The molecule has 1 aliphatic rings. The van der Waals surface area contributed by atoms with Crippen LogP contribution in [0.3, 0.4) is 0 Å². The highest BCUT2D eigenvalue weighted by molar-refractivity contribution is 14.0. The minimum Gasteiger partial charge on any atom is -0.376 e. The van der Waals surface area contributed by atoms with Gasteiger partial charge in [0.25, 0.3) is 0 Å². The molecule has 30 heavy (non-hydrogen) atoms. The Bertz CT molecular complexity index is 743. The number of halogens is 1. The summed E-state index contributed by atoms with van der Waals surface area (Å²) in [5.41, 5.74) is 2.23. The van der Waals surface area contributed by atoms with Gasteiger partial charge in [-0.1, -0.05) is 50.1 Å².